The Morgan fingerprint density at radius 3 is 2.80 bits per heavy atom. The van der Waals surface area contributed by atoms with Gasteiger partial charge in [-0.1, -0.05) is 41.6 Å². The minimum atomic E-state index is -0.387. The molecule has 0 bridgehead atoms. The number of nitrogens with zero attached hydrogens (tertiary/aromatic N) is 2. The summed E-state index contributed by atoms with van der Waals surface area (Å²) in [4.78, 5) is 17.3. The number of para-hydroxylation sites is 1. The van der Waals surface area contributed by atoms with E-state index in [1.165, 1.54) is 23.9 Å². The quantitative estimate of drug-likeness (QED) is 0.522. The molecule has 7 heteroatoms. The van der Waals surface area contributed by atoms with Crippen molar-refractivity contribution in [2.75, 3.05) is 6.61 Å². The van der Waals surface area contributed by atoms with Crippen LogP contribution in [0, 0.1) is 5.82 Å². The third-order valence-corrected chi connectivity index (χ3v) is 5.12. The molecule has 0 atom stereocenters. The first-order valence-electron chi connectivity index (χ1n) is 7.77. The lowest BCUT2D eigenvalue weighted by molar-refractivity contribution is 0.276. The number of hydrogen-bond acceptors (Lipinski definition) is 4. The fraction of sp³-hybridized carbons (Fsp3) is 0.222. The van der Waals surface area contributed by atoms with Gasteiger partial charge in [-0.25, -0.2) is 9.37 Å². The molecule has 130 valence electrons. The molecule has 25 heavy (non-hydrogen) atoms. The second-order valence-electron chi connectivity index (χ2n) is 5.47. The van der Waals surface area contributed by atoms with Gasteiger partial charge in [-0.05, 0) is 36.2 Å². The van der Waals surface area contributed by atoms with Gasteiger partial charge in [0, 0.05) is 23.9 Å². The monoisotopic (exact) mass is 378 g/mol. The van der Waals surface area contributed by atoms with Crippen molar-refractivity contribution >= 4 is 34.3 Å². The molecule has 0 spiro atoms. The van der Waals surface area contributed by atoms with Crippen LogP contribution in [0.15, 0.2) is 52.4 Å². The summed E-state index contributed by atoms with van der Waals surface area (Å²) in [7, 11) is 0. The molecule has 1 N–H and O–H groups in total. The lowest BCUT2D eigenvalue weighted by Crippen LogP contribution is -2.24. The Morgan fingerprint density at radius 1 is 1.24 bits per heavy atom. The molecule has 0 saturated heterocycles. The molecule has 0 radical (unpaired) electrons. The minimum Gasteiger partial charge on any atom is -0.396 e. The van der Waals surface area contributed by atoms with Crippen molar-refractivity contribution in [1.29, 1.82) is 0 Å². The number of aromatic nitrogens is 2. The molecule has 0 aliphatic heterocycles. The van der Waals surface area contributed by atoms with E-state index in [1.54, 1.807) is 28.8 Å². The topological polar surface area (TPSA) is 55.1 Å². The standard InChI is InChI=1S/C18H16ClFN2O2S/c19-15-10-13(20)7-6-12(15)11-25-18-21-16-5-2-1-4-14(16)17(24)22(18)8-3-9-23/h1-2,4-7,10,23H,3,8-9,11H2. The van der Waals surface area contributed by atoms with E-state index in [1.807, 2.05) is 6.07 Å². The molecule has 0 aliphatic carbocycles. The van der Waals surface area contributed by atoms with Crippen LogP contribution in [0.1, 0.15) is 12.0 Å². The summed E-state index contributed by atoms with van der Waals surface area (Å²) >= 11 is 7.43. The second kappa shape index (κ2) is 7.99. The van der Waals surface area contributed by atoms with Crippen molar-refractivity contribution in [2.45, 2.75) is 23.9 Å². The van der Waals surface area contributed by atoms with E-state index >= 15 is 0 Å². The molecule has 3 aromatic rings. The fourth-order valence-electron chi connectivity index (χ4n) is 2.46. The van der Waals surface area contributed by atoms with E-state index in [-0.39, 0.29) is 18.0 Å². The summed E-state index contributed by atoms with van der Waals surface area (Å²) in [5.74, 6) is 0.0747. The highest BCUT2D eigenvalue weighted by Crippen LogP contribution is 2.26. The normalized spacial score (nSPS) is 11.2. The average molecular weight is 379 g/mol. The van der Waals surface area contributed by atoms with Crippen molar-refractivity contribution in [2.24, 2.45) is 0 Å². The zero-order valence-corrected chi connectivity index (χ0v) is 14.9. The highest BCUT2D eigenvalue weighted by atomic mass is 35.5. The van der Waals surface area contributed by atoms with Crippen LogP contribution in [0.4, 0.5) is 4.39 Å². The lowest BCUT2D eigenvalue weighted by Gasteiger charge is -2.13. The van der Waals surface area contributed by atoms with Crippen molar-refractivity contribution < 1.29 is 9.50 Å². The molecule has 0 saturated carbocycles. The Labute approximate surface area is 153 Å². The van der Waals surface area contributed by atoms with Gasteiger partial charge < -0.3 is 5.11 Å². The van der Waals surface area contributed by atoms with E-state index in [9.17, 15) is 9.18 Å². The zero-order chi connectivity index (χ0) is 17.8. The summed E-state index contributed by atoms with van der Waals surface area (Å²) in [6, 6.07) is 11.4. The molecule has 0 amide bonds. The highest BCUT2D eigenvalue weighted by Gasteiger charge is 2.12. The summed E-state index contributed by atoms with van der Waals surface area (Å²) < 4.78 is 14.7. The van der Waals surface area contributed by atoms with Crippen LogP contribution < -0.4 is 5.56 Å². The number of benzene rings is 2. The molecule has 4 nitrogen and oxygen atoms in total. The van der Waals surface area contributed by atoms with Gasteiger partial charge in [0.1, 0.15) is 5.82 Å². The van der Waals surface area contributed by atoms with Gasteiger partial charge in [-0.2, -0.15) is 0 Å². The smallest absolute Gasteiger partial charge is 0.262 e. The van der Waals surface area contributed by atoms with E-state index in [4.69, 9.17) is 16.7 Å². The van der Waals surface area contributed by atoms with Crippen LogP contribution in [0.2, 0.25) is 5.02 Å². The van der Waals surface area contributed by atoms with Gasteiger partial charge in [0.15, 0.2) is 5.16 Å². The van der Waals surface area contributed by atoms with Gasteiger partial charge >= 0.3 is 0 Å². The summed E-state index contributed by atoms with van der Waals surface area (Å²) in [5.41, 5.74) is 1.26. The zero-order valence-electron chi connectivity index (χ0n) is 13.3. The van der Waals surface area contributed by atoms with Crippen LogP contribution in [0.3, 0.4) is 0 Å². The number of hydrogen-bond donors (Lipinski definition) is 1. The largest absolute Gasteiger partial charge is 0.396 e. The molecule has 0 unspecified atom stereocenters. The van der Waals surface area contributed by atoms with Gasteiger partial charge in [0.05, 0.1) is 10.9 Å². The van der Waals surface area contributed by atoms with Crippen LogP contribution in [0.25, 0.3) is 10.9 Å². The predicted molar refractivity (Wildman–Crippen MR) is 98.7 cm³/mol. The number of thioether (sulfide) groups is 1. The van der Waals surface area contributed by atoms with E-state index in [0.29, 0.717) is 39.8 Å². The molecule has 0 fully saturated rings. The first-order chi connectivity index (χ1) is 12.1. The van der Waals surface area contributed by atoms with Crippen molar-refractivity contribution in [3.63, 3.8) is 0 Å². The Bertz CT molecular complexity index is 961. The van der Waals surface area contributed by atoms with Crippen LogP contribution in [0.5, 0.6) is 0 Å². The van der Waals surface area contributed by atoms with Crippen LogP contribution in [-0.4, -0.2) is 21.3 Å². The summed E-state index contributed by atoms with van der Waals surface area (Å²) in [6.45, 7) is 0.375. The Kier molecular flexibility index (Phi) is 5.73. The Hall–Kier alpha value is -1.89. The molecule has 2 aromatic carbocycles. The molecule has 3 rings (SSSR count). The molecule has 1 heterocycles. The van der Waals surface area contributed by atoms with E-state index < -0.39 is 0 Å². The maximum Gasteiger partial charge on any atom is 0.262 e. The number of fused-ring (bicyclic) bond motifs is 1. The average Bonchev–Trinajstić information content (AvgIpc) is 2.60. The van der Waals surface area contributed by atoms with Crippen molar-refractivity contribution in [3.05, 3.63) is 69.2 Å². The Morgan fingerprint density at radius 2 is 2.04 bits per heavy atom. The minimum absolute atomic E-state index is 0.00678. The summed E-state index contributed by atoms with van der Waals surface area (Å²) in [5, 5.41) is 10.5. The van der Waals surface area contributed by atoms with Gasteiger partial charge in [0.25, 0.3) is 5.56 Å². The third-order valence-electron chi connectivity index (χ3n) is 3.74. The van der Waals surface area contributed by atoms with Crippen molar-refractivity contribution in [3.8, 4) is 0 Å². The fourth-order valence-corrected chi connectivity index (χ4v) is 3.81. The van der Waals surface area contributed by atoms with Gasteiger partial charge in [-0.15, -0.1) is 0 Å². The molecule has 0 aliphatic rings. The van der Waals surface area contributed by atoms with E-state index in [0.717, 1.165) is 5.56 Å². The molecular formula is C18H16ClFN2O2S. The maximum absolute atomic E-state index is 13.2. The summed E-state index contributed by atoms with van der Waals surface area (Å²) in [6.07, 6.45) is 0.463. The maximum atomic E-state index is 13.2. The van der Waals surface area contributed by atoms with Gasteiger partial charge in [-0.3, -0.25) is 9.36 Å². The van der Waals surface area contributed by atoms with E-state index in [2.05, 4.69) is 4.98 Å². The SMILES string of the molecule is O=c1c2ccccc2nc(SCc2ccc(F)cc2Cl)n1CCCO. The van der Waals surface area contributed by atoms with Gasteiger partial charge in [0.2, 0.25) is 0 Å². The lowest BCUT2D eigenvalue weighted by atomic mass is 10.2. The Balaban J connectivity index is 1.97. The number of aliphatic hydroxyl groups is 1. The molecule has 1 aromatic heterocycles. The first kappa shape index (κ1) is 17.9. The number of halogens is 2. The van der Waals surface area contributed by atoms with Crippen molar-refractivity contribution in [1.82, 2.24) is 9.55 Å². The first-order valence-corrected chi connectivity index (χ1v) is 9.13. The third kappa shape index (κ3) is 4.03. The molecular weight excluding hydrogens is 363 g/mol. The highest BCUT2D eigenvalue weighted by molar-refractivity contribution is 7.98. The second-order valence-corrected chi connectivity index (χ2v) is 6.82. The number of aliphatic hydroxyl groups excluding tert-OH is 1. The predicted octanol–water partition coefficient (Wildman–Crippen LogP) is 3.86. The number of rotatable bonds is 6. The van der Waals surface area contributed by atoms with Crippen LogP contribution in [-0.2, 0) is 12.3 Å². The van der Waals surface area contributed by atoms with Crippen LogP contribution >= 0.6 is 23.4 Å².